The summed E-state index contributed by atoms with van der Waals surface area (Å²) in [5.74, 6) is -1.14. The molecule has 0 amide bonds. The lowest BCUT2D eigenvalue weighted by Gasteiger charge is -2.16. The number of esters is 1. The summed E-state index contributed by atoms with van der Waals surface area (Å²) in [6.07, 6.45) is 22.7. The van der Waals surface area contributed by atoms with Crippen LogP contribution in [0.4, 0.5) is 0 Å². The largest absolute Gasteiger partial charge is 0.481 e. The number of carbonyl (C=O) groups excluding carboxylic acids is 1. The van der Waals surface area contributed by atoms with E-state index in [1.54, 1.807) is 0 Å². The summed E-state index contributed by atoms with van der Waals surface area (Å²) in [7, 11) is 0. The Morgan fingerprint density at radius 1 is 0.759 bits per heavy atom. The highest BCUT2D eigenvalue weighted by Gasteiger charge is 2.17. The molecule has 1 atom stereocenters. The van der Waals surface area contributed by atoms with E-state index in [1.807, 2.05) is 0 Å². The standard InChI is InChI=1S/C25H46O4/c1-3-5-7-8-9-10-11-12-13-14-15-16-17-19-21-25(28)29-23(22-24(26)27)20-18-6-4-2/h11-12,23H,3-10,13-22H2,1-2H3,(H,26,27)/b12-11-. The first kappa shape index (κ1) is 27.7. The van der Waals surface area contributed by atoms with Crippen molar-refractivity contribution >= 4 is 11.9 Å². The highest BCUT2D eigenvalue weighted by molar-refractivity contribution is 5.71. The summed E-state index contributed by atoms with van der Waals surface area (Å²) < 4.78 is 5.39. The molecule has 4 nitrogen and oxygen atoms in total. The second-order valence-electron chi connectivity index (χ2n) is 8.19. The summed E-state index contributed by atoms with van der Waals surface area (Å²) in [4.78, 5) is 22.9. The van der Waals surface area contributed by atoms with Gasteiger partial charge in [0.15, 0.2) is 0 Å². The summed E-state index contributed by atoms with van der Waals surface area (Å²) in [5.41, 5.74) is 0. The van der Waals surface area contributed by atoms with Crippen molar-refractivity contribution in [1.29, 1.82) is 0 Å². The minimum absolute atomic E-state index is 0.0816. The van der Waals surface area contributed by atoms with E-state index in [4.69, 9.17) is 9.84 Å². The molecule has 0 aromatic carbocycles. The van der Waals surface area contributed by atoms with E-state index < -0.39 is 12.1 Å². The maximum absolute atomic E-state index is 12.0. The zero-order chi connectivity index (χ0) is 21.6. The molecule has 0 spiro atoms. The number of aliphatic carboxylic acids is 1. The Balaban J connectivity index is 3.60. The molecule has 0 saturated carbocycles. The van der Waals surface area contributed by atoms with Crippen LogP contribution in [-0.4, -0.2) is 23.1 Å². The molecule has 0 aromatic rings. The highest BCUT2D eigenvalue weighted by atomic mass is 16.5. The van der Waals surface area contributed by atoms with Gasteiger partial charge in [-0.25, -0.2) is 0 Å². The molecule has 0 aliphatic rings. The fourth-order valence-corrected chi connectivity index (χ4v) is 3.43. The lowest BCUT2D eigenvalue weighted by Crippen LogP contribution is -2.21. The molecule has 0 heterocycles. The monoisotopic (exact) mass is 410 g/mol. The fourth-order valence-electron chi connectivity index (χ4n) is 3.43. The molecule has 0 bridgehead atoms. The summed E-state index contributed by atoms with van der Waals surface area (Å²) in [5, 5.41) is 8.97. The molecule has 0 aromatic heterocycles. The van der Waals surface area contributed by atoms with Crippen LogP contribution in [0.25, 0.3) is 0 Å². The van der Waals surface area contributed by atoms with Crippen molar-refractivity contribution in [2.45, 2.75) is 136 Å². The molecule has 0 fully saturated rings. The Morgan fingerprint density at radius 2 is 1.28 bits per heavy atom. The van der Waals surface area contributed by atoms with E-state index in [9.17, 15) is 9.59 Å². The molecule has 29 heavy (non-hydrogen) atoms. The molecule has 0 saturated heterocycles. The first-order chi connectivity index (χ1) is 14.1. The van der Waals surface area contributed by atoms with Crippen LogP contribution in [0.1, 0.15) is 129 Å². The average molecular weight is 411 g/mol. The van der Waals surface area contributed by atoms with Crippen LogP contribution in [-0.2, 0) is 14.3 Å². The average Bonchev–Trinajstić information content (AvgIpc) is 2.68. The fraction of sp³-hybridized carbons (Fsp3) is 0.840. The number of carboxylic acid groups (broad SMARTS) is 1. The maximum atomic E-state index is 12.0. The smallest absolute Gasteiger partial charge is 0.307 e. The second kappa shape index (κ2) is 21.4. The van der Waals surface area contributed by atoms with E-state index >= 15 is 0 Å². The summed E-state index contributed by atoms with van der Waals surface area (Å²) in [6.45, 7) is 4.35. The third kappa shape index (κ3) is 21.2. The van der Waals surface area contributed by atoms with Gasteiger partial charge in [0.25, 0.3) is 0 Å². The normalized spacial score (nSPS) is 12.3. The minimum atomic E-state index is -0.898. The predicted molar refractivity (Wildman–Crippen MR) is 121 cm³/mol. The molecule has 0 radical (unpaired) electrons. The molecule has 0 aliphatic carbocycles. The van der Waals surface area contributed by atoms with Crippen LogP contribution in [0.15, 0.2) is 12.2 Å². The Morgan fingerprint density at radius 3 is 1.86 bits per heavy atom. The van der Waals surface area contributed by atoms with Crippen LogP contribution in [0.2, 0.25) is 0 Å². The van der Waals surface area contributed by atoms with Crippen molar-refractivity contribution in [3.63, 3.8) is 0 Å². The van der Waals surface area contributed by atoms with E-state index in [0.29, 0.717) is 12.8 Å². The van der Waals surface area contributed by atoms with Gasteiger partial charge in [-0.2, -0.15) is 0 Å². The Labute approximate surface area is 179 Å². The molecule has 0 aliphatic heterocycles. The van der Waals surface area contributed by atoms with E-state index in [0.717, 1.165) is 44.9 Å². The van der Waals surface area contributed by atoms with Gasteiger partial charge in [-0.05, 0) is 44.9 Å². The third-order valence-corrected chi connectivity index (χ3v) is 5.22. The summed E-state index contributed by atoms with van der Waals surface area (Å²) in [6, 6.07) is 0. The number of carbonyl (C=O) groups is 2. The van der Waals surface area contributed by atoms with Crippen LogP contribution < -0.4 is 0 Å². The van der Waals surface area contributed by atoms with Gasteiger partial charge >= 0.3 is 11.9 Å². The Kier molecular flexibility index (Phi) is 20.4. The van der Waals surface area contributed by atoms with Gasteiger partial charge in [0, 0.05) is 6.42 Å². The van der Waals surface area contributed by atoms with Gasteiger partial charge in [-0.1, -0.05) is 83.8 Å². The quantitative estimate of drug-likeness (QED) is 0.120. The first-order valence-electron chi connectivity index (χ1n) is 12.2. The van der Waals surface area contributed by atoms with Crippen LogP contribution >= 0.6 is 0 Å². The number of carboxylic acids is 1. The highest BCUT2D eigenvalue weighted by Crippen LogP contribution is 2.14. The van der Waals surface area contributed by atoms with Gasteiger partial charge < -0.3 is 9.84 Å². The molecular weight excluding hydrogens is 364 g/mol. The maximum Gasteiger partial charge on any atom is 0.307 e. The van der Waals surface area contributed by atoms with Gasteiger partial charge in [0.05, 0.1) is 6.42 Å². The van der Waals surface area contributed by atoms with Crippen molar-refractivity contribution < 1.29 is 19.4 Å². The third-order valence-electron chi connectivity index (χ3n) is 5.22. The van der Waals surface area contributed by atoms with Gasteiger partial charge in [0.1, 0.15) is 6.10 Å². The number of hydrogen-bond acceptors (Lipinski definition) is 3. The van der Waals surface area contributed by atoms with Crippen LogP contribution in [0.5, 0.6) is 0 Å². The lowest BCUT2D eigenvalue weighted by atomic mass is 10.1. The van der Waals surface area contributed by atoms with E-state index in [1.165, 1.54) is 51.4 Å². The zero-order valence-electron chi connectivity index (χ0n) is 19.1. The van der Waals surface area contributed by atoms with Crippen molar-refractivity contribution in [2.24, 2.45) is 0 Å². The molecule has 170 valence electrons. The number of allylic oxidation sites excluding steroid dienone is 2. The zero-order valence-corrected chi connectivity index (χ0v) is 19.1. The van der Waals surface area contributed by atoms with Crippen LogP contribution in [0.3, 0.4) is 0 Å². The van der Waals surface area contributed by atoms with Gasteiger partial charge in [-0.15, -0.1) is 0 Å². The number of hydrogen-bond donors (Lipinski definition) is 1. The minimum Gasteiger partial charge on any atom is -0.481 e. The number of ether oxygens (including phenoxy) is 1. The molecular formula is C25H46O4. The van der Waals surface area contributed by atoms with Crippen LogP contribution in [0, 0.1) is 0 Å². The number of unbranched alkanes of at least 4 members (excludes halogenated alkanes) is 12. The van der Waals surface area contributed by atoms with Crippen molar-refractivity contribution in [2.75, 3.05) is 0 Å². The van der Waals surface area contributed by atoms with Gasteiger partial charge in [-0.3, -0.25) is 9.59 Å². The SMILES string of the molecule is CCCCCCC/C=C\CCCCCCCC(=O)OC(CCCCC)CC(=O)O. The second-order valence-corrected chi connectivity index (χ2v) is 8.19. The van der Waals surface area contributed by atoms with E-state index in [-0.39, 0.29) is 12.4 Å². The summed E-state index contributed by atoms with van der Waals surface area (Å²) >= 11 is 0. The Bertz CT molecular complexity index is 417. The lowest BCUT2D eigenvalue weighted by molar-refractivity contribution is -0.153. The predicted octanol–water partition coefficient (Wildman–Crippen LogP) is 7.60. The van der Waals surface area contributed by atoms with Gasteiger partial charge in [0.2, 0.25) is 0 Å². The first-order valence-corrected chi connectivity index (χ1v) is 12.2. The molecule has 1 N–H and O–H groups in total. The topological polar surface area (TPSA) is 63.6 Å². The van der Waals surface area contributed by atoms with Crippen molar-refractivity contribution in [3.8, 4) is 0 Å². The van der Waals surface area contributed by atoms with Crippen molar-refractivity contribution in [1.82, 2.24) is 0 Å². The molecule has 1 unspecified atom stereocenters. The molecule has 4 heteroatoms. The Hall–Kier alpha value is -1.32. The molecule has 0 rings (SSSR count). The number of rotatable bonds is 21. The van der Waals surface area contributed by atoms with Crippen molar-refractivity contribution in [3.05, 3.63) is 12.2 Å². The van der Waals surface area contributed by atoms with E-state index in [2.05, 4.69) is 26.0 Å².